The Bertz CT molecular complexity index is 712. The second-order valence-corrected chi connectivity index (χ2v) is 5.05. The number of nitrogens with zero attached hydrogens (tertiary/aromatic N) is 2. The minimum atomic E-state index is -0.774. The molecule has 3 N–H and O–H groups in total. The lowest BCUT2D eigenvalue weighted by molar-refractivity contribution is 0.0939. The molecule has 7 heteroatoms. The number of hydrogen-bond acceptors (Lipinski definition) is 5. The van der Waals surface area contributed by atoms with Crippen LogP contribution in [0.2, 0.25) is 0 Å². The molecule has 0 radical (unpaired) electrons. The summed E-state index contributed by atoms with van der Waals surface area (Å²) in [4.78, 5) is 34.4. The molecule has 2 aromatic rings. The lowest BCUT2D eigenvalue weighted by Crippen LogP contribution is -2.30. The molecule has 0 aliphatic rings. The maximum atomic E-state index is 12.1. The molecule has 0 aliphatic heterocycles. The van der Waals surface area contributed by atoms with Crippen molar-refractivity contribution in [2.24, 2.45) is 5.92 Å². The third-order valence-electron chi connectivity index (χ3n) is 3.33. The van der Waals surface area contributed by atoms with Crippen molar-refractivity contribution in [3.63, 3.8) is 0 Å². The van der Waals surface area contributed by atoms with Gasteiger partial charge in [0, 0.05) is 12.7 Å². The van der Waals surface area contributed by atoms with Crippen LogP contribution in [0.1, 0.15) is 30.8 Å². The number of aromatic nitrogens is 3. The number of H-pyrrole nitrogens is 1. The summed E-state index contributed by atoms with van der Waals surface area (Å²) in [6.07, 6.45) is 2.46. The number of amides is 1. The Balaban J connectivity index is 2.33. The van der Waals surface area contributed by atoms with Crippen LogP contribution in [0, 0.1) is 5.92 Å². The highest BCUT2D eigenvalue weighted by Gasteiger charge is 2.19. The second kappa shape index (κ2) is 6.84. The van der Waals surface area contributed by atoms with E-state index < -0.39 is 17.2 Å². The zero-order valence-electron chi connectivity index (χ0n) is 12.5. The van der Waals surface area contributed by atoms with Gasteiger partial charge in [0.05, 0.1) is 0 Å². The van der Waals surface area contributed by atoms with E-state index in [1.54, 1.807) is 24.4 Å². The van der Waals surface area contributed by atoms with Crippen LogP contribution in [-0.4, -0.2) is 32.5 Å². The molecule has 2 aromatic heterocycles. The fourth-order valence-electron chi connectivity index (χ4n) is 1.74. The van der Waals surface area contributed by atoms with E-state index >= 15 is 0 Å². The predicted octanol–water partition coefficient (Wildman–Crippen LogP) is 1.31. The standard InChI is InChI=1S/C15H18N4O3/c1-3-9(2)8-17-14(21)11-12(20)15(22)19-13(18-11)10-6-4-5-7-16-10/h4-7,9,20H,3,8H2,1-2H3,(H,17,21)(H,18,19,22). The van der Waals surface area contributed by atoms with Crippen LogP contribution in [0.25, 0.3) is 11.5 Å². The number of carbonyl (C=O) groups excluding carboxylic acids is 1. The van der Waals surface area contributed by atoms with Crippen molar-refractivity contribution in [1.82, 2.24) is 20.3 Å². The Morgan fingerprint density at radius 1 is 1.45 bits per heavy atom. The molecule has 0 aliphatic carbocycles. The summed E-state index contributed by atoms with van der Waals surface area (Å²) in [5.74, 6) is -0.845. The summed E-state index contributed by atoms with van der Waals surface area (Å²) < 4.78 is 0. The normalized spacial score (nSPS) is 11.9. The molecule has 116 valence electrons. The Labute approximate surface area is 127 Å². The second-order valence-electron chi connectivity index (χ2n) is 5.05. The van der Waals surface area contributed by atoms with E-state index in [0.29, 0.717) is 18.2 Å². The molecule has 0 saturated carbocycles. The van der Waals surface area contributed by atoms with Crippen LogP contribution in [-0.2, 0) is 0 Å². The SMILES string of the molecule is CCC(C)CNC(=O)c1nc(-c2ccccn2)[nH]c(=O)c1O. The maximum absolute atomic E-state index is 12.1. The Kier molecular flexibility index (Phi) is 4.88. The number of aromatic amines is 1. The maximum Gasteiger partial charge on any atom is 0.294 e. The van der Waals surface area contributed by atoms with Gasteiger partial charge in [-0.05, 0) is 18.1 Å². The van der Waals surface area contributed by atoms with Crippen molar-refractivity contribution < 1.29 is 9.90 Å². The monoisotopic (exact) mass is 302 g/mol. The van der Waals surface area contributed by atoms with Crippen molar-refractivity contribution >= 4 is 5.91 Å². The van der Waals surface area contributed by atoms with E-state index in [-0.39, 0.29) is 11.5 Å². The van der Waals surface area contributed by atoms with E-state index in [9.17, 15) is 14.7 Å². The summed E-state index contributed by atoms with van der Waals surface area (Å²) >= 11 is 0. The Morgan fingerprint density at radius 3 is 2.86 bits per heavy atom. The topological polar surface area (TPSA) is 108 Å². The first-order valence-corrected chi connectivity index (χ1v) is 7.05. The highest BCUT2D eigenvalue weighted by atomic mass is 16.3. The molecule has 2 heterocycles. The Hall–Kier alpha value is -2.70. The zero-order valence-corrected chi connectivity index (χ0v) is 12.5. The van der Waals surface area contributed by atoms with Crippen LogP contribution < -0.4 is 10.9 Å². The van der Waals surface area contributed by atoms with Crippen molar-refractivity contribution in [3.8, 4) is 17.3 Å². The fraction of sp³-hybridized carbons (Fsp3) is 0.333. The largest absolute Gasteiger partial charge is 0.501 e. The number of carbonyl (C=O) groups is 1. The third-order valence-corrected chi connectivity index (χ3v) is 3.33. The molecule has 7 nitrogen and oxygen atoms in total. The summed E-state index contributed by atoms with van der Waals surface area (Å²) in [5, 5.41) is 12.4. The van der Waals surface area contributed by atoms with Gasteiger partial charge in [-0.3, -0.25) is 14.6 Å². The lowest BCUT2D eigenvalue weighted by Gasteiger charge is -2.10. The van der Waals surface area contributed by atoms with Crippen LogP contribution in [0.5, 0.6) is 5.75 Å². The summed E-state index contributed by atoms with van der Waals surface area (Å²) in [5.41, 5.74) is -0.660. The lowest BCUT2D eigenvalue weighted by atomic mass is 10.1. The van der Waals surface area contributed by atoms with Crippen LogP contribution in [0.4, 0.5) is 0 Å². The van der Waals surface area contributed by atoms with Crippen molar-refractivity contribution in [2.45, 2.75) is 20.3 Å². The fourth-order valence-corrected chi connectivity index (χ4v) is 1.74. The Morgan fingerprint density at radius 2 is 2.23 bits per heavy atom. The molecule has 1 unspecified atom stereocenters. The molecule has 1 amide bonds. The highest BCUT2D eigenvalue weighted by molar-refractivity contribution is 5.95. The minimum absolute atomic E-state index is 0.136. The van der Waals surface area contributed by atoms with Gasteiger partial charge in [0.25, 0.3) is 11.5 Å². The van der Waals surface area contributed by atoms with Gasteiger partial charge in [-0.1, -0.05) is 26.3 Å². The van der Waals surface area contributed by atoms with Gasteiger partial charge in [0.2, 0.25) is 5.75 Å². The van der Waals surface area contributed by atoms with Gasteiger partial charge < -0.3 is 15.4 Å². The van der Waals surface area contributed by atoms with E-state index in [2.05, 4.69) is 20.3 Å². The summed E-state index contributed by atoms with van der Waals surface area (Å²) in [6, 6.07) is 5.11. The number of pyridine rings is 1. The van der Waals surface area contributed by atoms with Gasteiger partial charge in [-0.25, -0.2) is 4.98 Å². The smallest absolute Gasteiger partial charge is 0.294 e. The number of nitrogens with one attached hydrogen (secondary N) is 2. The molecule has 0 spiro atoms. The first-order chi connectivity index (χ1) is 10.5. The van der Waals surface area contributed by atoms with Crippen molar-refractivity contribution in [1.29, 1.82) is 0 Å². The van der Waals surface area contributed by atoms with E-state index in [0.717, 1.165) is 6.42 Å². The van der Waals surface area contributed by atoms with Gasteiger partial charge in [-0.15, -0.1) is 0 Å². The van der Waals surface area contributed by atoms with E-state index in [1.165, 1.54) is 0 Å². The number of aromatic hydroxyl groups is 1. The average molecular weight is 302 g/mol. The third kappa shape index (κ3) is 3.49. The summed E-state index contributed by atoms with van der Waals surface area (Å²) in [6.45, 7) is 4.45. The van der Waals surface area contributed by atoms with Gasteiger partial charge in [-0.2, -0.15) is 0 Å². The summed E-state index contributed by atoms with van der Waals surface area (Å²) in [7, 11) is 0. The highest BCUT2D eigenvalue weighted by Crippen LogP contribution is 2.14. The first-order valence-electron chi connectivity index (χ1n) is 7.05. The molecule has 0 aromatic carbocycles. The predicted molar refractivity (Wildman–Crippen MR) is 81.5 cm³/mol. The molecule has 22 heavy (non-hydrogen) atoms. The van der Waals surface area contributed by atoms with E-state index in [1.807, 2.05) is 13.8 Å². The van der Waals surface area contributed by atoms with Gasteiger partial charge in [0.1, 0.15) is 5.69 Å². The molecule has 0 saturated heterocycles. The molecule has 0 bridgehead atoms. The molecular weight excluding hydrogens is 284 g/mol. The van der Waals surface area contributed by atoms with Crippen LogP contribution in [0.3, 0.4) is 0 Å². The quantitative estimate of drug-likeness (QED) is 0.772. The first kappa shape index (κ1) is 15.7. The van der Waals surface area contributed by atoms with Crippen LogP contribution in [0.15, 0.2) is 29.2 Å². The van der Waals surface area contributed by atoms with Crippen molar-refractivity contribution in [3.05, 3.63) is 40.4 Å². The van der Waals surface area contributed by atoms with Crippen LogP contribution >= 0.6 is 0 Å². The average Bonchev–Trinajstić information content (AvgIpc) is 2.55. The zero-order chi connectivity index (χ0) is 16.1. The molecular formula is C15H18N4O3. The van der Waals surface area contributed by atoms with E-state index in [4.69, 9.17) is 0 Å². The number of rotatable bonds is 5. The van der Waals surface area contributed by atoms with Crippen molar-refractivity contribution in [2.75, 3.05) is 6.54 Å². The van der Waals surface area contributed by atoms with Gasteiger partial charge >= 0.3 is 0 Å². The van der Waals surface area contributed by atoms with Gasteiger partial charge in [0.15, 0.2) is 11.5 Å². The minimum Gasteiger partial charge on any atom is -0.501 e. The molecule has 2 rings (SSSR count). The molecule has 1 atom stereocenters. The number of hydrogen-bond donors (Lipinski definition) is 3. The molecule has 0 fully saturated rings.